The number of aliphatic hydroxyl groups is 1. The molecule has 0 aromatic carbocycles. The average Bonchev–Trinajstić information content (AvgIpc) is 2.87. The number of rotatable bonds is 8. The van der Waals surface area contributed by atoms with Gasteiger partial charge in [0.1, 0.15) is 5.76 Å². The molecule has 1 unspecified atom stereocenters. The van der Waals surface area contributed by atoms with Crippen LogP contribution in [-0.4, -0.2) is 23.7 Å². The van der Waals surface area contributed by atoms with Crippen molar-refractivity contribution in [3.05, 3.63) is 35.6 Å². The SMILES string of the molecule is CCC(O)CCNC(=O)/C=C/SCc1ccco1. The van der Waals surface area contributed by atoms with Crippen LogP contribution in [0, 0.1) is 0 Å². The minimum atomic E-state index is -0.331. The number of thioether (sulfide) groups is 1. The minimum Gasteiger partial charge on any atom is -0.468 e. The van der Waals surface area contributed by atoms with Crippen LogP contribution < -0.4 is 5.32 Å². The second-order valence-corrected chi connectivity index (χ2v) is 4.73. The predicted octanol–water partition coefficient (Wildman–Crippen LogP) is 2.30. The van der Waals surface area contributed by atoms with Crippen molar-refractivity contribution < 1.29 is 14.3 Å². The summed E-state index contributed by atoms with van der Waals surface area (Å²) >= 11 is 1.50. The summed E-state index contributed by atoms with van der Waals surface area (Å²) in [6.45, 7) is 2.42. The summed E-state index contributed by atoms with van der Waals surface area (Å²) in [4.78, 5) is 11.4. The number of amides is 1. The molecule has 1 atom stereocenters. The van der Waals surface area contributed by atoms with Crippen LogP contribution in [0.1, 0.15) is 25.5 Å². The molecule has 0 aliphatic carbocycles. The Morgan fingerprint density at radius 3 is 3.17 bits per heavy atom. The number of carbonyl (C=O) groups is 1. The molecule has 0 saturated carbocycles. The summed E-state index contributed by atoms with van der Waals surface area (Å²) in [6.07, 6.45) is 4.10. The van der Waals surface area contributed by atoms with E-state index in [1.54, 1.807) is 11.7 Å². The highest BCUT2D eigenvalue weighted by Gasteiger charge is 2.01. The zero-order chi connectivity index (χ0) is 13.2. The van der Waals surface area contributed by atoms with Crippen LogP contribution >= 0.6 is 11.8 Å². The van der Waals surface area contributed by atoms with Crippen LogP contribution in [0.3, 0.4) is 0 Å². The van der Waals surface area contributed by atoms with Crippen molar-refractivity contribution in [3.8, 4) is 0 Å². The Hall–Kier alpha value is -1.20. The van der Waals surface area contributed by atoms with Gasteiger partial charge in [0.05, 0.1) is 18.1 Å². The van der Waals surface area contributed by atoms with Gasteiger partial charge in [-0.25, -0.2) is 0 Å². The van der Waals surface area contributed by atoms with Gasteiger partial charge >= 0.3 is 0 Å². The molecule has 2 N–H and O–H groups in total. The molecular weight excluding hydrogens is 250 g/mol. The summed E-state index contributed by atoms with van der Waals surface area (Å²) in [7, 11) is 0. The maximum absolute atomic E-state index is 11.4. The van der Waals surface area contributed by atoms with E-state index in [1.165, 1.54) is 17.8 Å². The van der Waals surface area contributed by atoms with E-state index in [4.69, 9.17) is 4.42 Å². The fourth-order valence-corrected chi connectivity index (χ4v) is 1.90. The molecule has 1 heterocycles. The summed E-state index contributed by atoms with van der Waals surface area (Å²) in [5, 5.41) is 13.8. The van der Waals surface area contributed by atoms with Crippen molar-refractivity contribution in [3.63, 3.8) is 0 Å². The first-order chi connectivity index (χ1) is 8.72. The molecule has 1 amide bonds. The van der Waals surface area contributed by atoms with Crippen molar-refractivity contribution in [1.82, 2.24) is 5.32 Å². The van der Waals surface area contributed by atoms with Gasteiger partial charge in [-0.3, -0.25) is 4.79 Å². The van der Waals surface area contributed by atoms with Crippen molar-refractivity contribution in [2.24, 2.45) is 0 Å². The molecule has 0 spiro atoms. The zero-order valence-corrected chi connectivity index (χ0v) is 11.3. The zero-order valence-electron chi connectivity index (χ0n) is 10.5. The number of carbonyl (C=O) groups excluding carboxylic acids is 1. The van der Waals surface area contributed by atoms with Crippen molar-refractivity contribution in [2.75, 3.05) is 6.54 Å². The molecule has 0 bridgehead atoms. The van der Waals surface area contributed by atoms with E-state index >= 15 is 0 Å². The van der Waals surface area contributed by atoms with Gasteiger partial charge in [0, 0.05) is 12.6 Å². The van der Waals surface area contributed by atoms with E-state index in [-0.39, 0.29) is 12.0 Å². The predicted molar refractivity (Wildman–Crippen MR) is 73.1 cm³/mol. The van der Waals surface area contributed by atoms with Gasteiger partial charge < -0.3 is 14.8 Å². The van der Waals surface area contributed by atoms with Crippen LogP contribution in [0.15, 0.2) is 34.3 Å². The van der Waals surface area contributed by atoms with Gasteiger partial charge in [0.2, 0.25) is 5.91 Å². The molecule has 5 heteroatoms. The fourth-order valence-electron chi connectivity index (χ4n) is 1.26. The Kier molecular flexibility index (Phi) is 7.29. The second-order valence-electron chi connectivity index (χ2n) is 3.83. The number of aliphatic hydroxyl groups excluding tert-OH is 1. The molecule has 18 heavy (non-hydrogen) atoms. The molecule has 4 nitrogen and oxygen atoms in total. The number of nitrogens with one attached hydrogen (secondary N) is 1. The lowest BCUT2D eigenvalue weighted by atomic mass is 10.2. The summed E-state index contributed by atoms with van der Waals surface area (Å²) in [5.41, 5.74) is 0. The first-order valence-corrected chi connectivity index (χ1v) is 7.03. The lowest BCUT2D eigenvalue weighted by molar-refractivity contribution is -0.116. The topological polar surface area (TPSA) is 62.5 Å². The third-order valence-electron chi connectivity index (χ3n) is 2.37. The van der Waals surface area contributed by atoms with Crippen LogP contribution in [0.4, 0.5) is 0 Å². The smallest absolute Gasteiger partial charge is 0.244 e. The average molecular weight is 269 g/mol. The minimum absolute atomic E-state index is 0.134. The van der Waals surface area contributed by atoms with E-state index in [0.717, 1.165) is 5.76 Å². The highest BCUT2D eigenvalue weighted by Crippen LogP contribution is 2.12. The van der Waals surface area contributed by atoms with E-state index in [2.05, 4.69) is 5.32 Å². The first-order valence-electron chi connectivity index (χ1n) is 5.98. The number of hydrogen-bond donors (Lipinski definition) is 2. The van der Waals surface area contributed by atoms with Crippen LogP contribution in [0.2, 0.25) is 0 Å². The van der Waals surface area contributed by atoms with Crippen LogP contribution in [-0.2, 0) is 10.5 Å². The van der Waals surface area contributed by atoms with Gasteiger partial charge in [-0.15, -0.1) is 11.8 Å². The quantitative estimate of drug-likeness (QED) is 0.711. The van der Waals surface area contributed by atoms with E-state index < -0.39 is 0 Å². The molecule has 0 radical (unpaired) electrons. The van der Waals surface area contributed by atoms with Crippen LogP contribution in [0.25, 0.3) is 0 Å². The maximum Gasteiger partial charge on any atom is 0.244 e. The van der Waals surface area contributed by atoms with E-state index in [9.17, 15) is 9.90 Å². The Morgan fingerprint density at radius 1 is 1.67 bits per heavy atom. The second kappa shape index (κ2) is 8.83. The molecule has 0 fully saturated rings. The monoisotopic (exact) mass is 269 g/mol. The van der Waals surface area contributed by atoms with Gasteiger partial charge in [-0.2, -0.15) is 0 Å². The Labute approximate surface area is 111 Å². The van der Waals surface area contributed by atoms with Crippen molar-refractivity contribution >= 4 is 17.7 Å². The van der Waals surface area contributed by atoms with Gasteiger partial charge in [0.25, 0.3) is 0 Å². The fraction of sp³-hybridized carbons (Fsp3) is 0.462. The summed E-state index contributed by atoms with van der Waals surface area (Å²) in [5.74, 6) is 1.46. The lowest BCUT2D eigenvalue weighted by Gasteiger charge is -2.06. The van der Waals surface area contributed by atoms with Crippen molar-refractivity contribution in [2.45, 2.75) is 31.6 Å². The molecule has 1 aromatic rings. The Balaban J connectivity index is 2.08. The van der Waals surface area contributed by atoms with Crippen LogP contribution in [0.5, 0.6) is 0 Å². The normalized spacial score (nSPS) is 12.8. The summed E-state index contributed by atoms with van der Waals surface area (Å²) < 4.78 is 5.16. The van der Waals surface area contributed by atoms with Gasteiger partial charge in [-0.05, 0) is 30.4 Å². The Bertz CT molecular complexity index is 362. The van der Waals surface area contributed by atoms with E-state index in [0.29, 0.717) is 25.1 Å². The Morgan fingerprint density at radius 2 is 2.50 bits per heavy atom. The largest absolute Gasteiger partial charge is 0.468 e. The molecule has 1 rings (SSSR count). The van der Waals surface area contributed by atoms with Gasteiger partial charge in [-0.1, -0.05) is 6.92 Å². The molecule has 0 aliphatic heterocycles. The van der Waals surface area contributed by atoms with E-state index in [1.807, 2.05) is 19.1 Å². The summed E-state index contributed by atoms with van der Waals surface area (Å²) in [6, 6.07) is 3.73. The first kappa shape index (κ1) is 14.9. The molecule has 0 aliphatic rings. The maximum atomic E-state index is 11.4. The number of hydrogen-bond acceptors (Lipinski definition) is 4. The van der Waals surface area contributed by atoms with Gasteiger partial charge in [0.15, 0.2) is 0 Å². The van der Waals surface area contributed by atoms with Crippen molar-refractivity contribution in [1.29, 1.82) is 0 Å². The highest BCUT2D eigenvalue weighted by molar-refractivity contribution is 8.01. The standard InChI is InChI=1S/C13H19NO3S/c1-2-11(15)5-7-14-13(16)6-9-18-10-12-4-3-8-17-12/h3-4,6,8-9,11,15H,2,5,7,10H2,1H3,(H,14,16)/b9-6+. The molecule has 100 valence electrons. The molecular formula is C13H19NO3S. The third-order valence-corrected chi connectivity index (χ3v) is 3.15. The number of furan rings is 1. The molecule has 1 aromatic heterocycles. The lowest BCUT2D eigenvalue weighted by Crippen LogP contribution is -2.25. The molecule has 0 saturated heterocycles. The highest BCUT2D eigenvalue weighted by atomic mass is 32.2. The third kappa shape index (κ3) is 6.51.